The third kappa shape index (κ3) is 2.72. The third-order valence-corrected chi connectivity index (χ3v) is 3.38. The molecule has 0 spiro atoms. The summed E-state index contributed by atoms with van der Waals surface area (Å²) >= 11 is 3.44. The Balaban J connectivity index is 1.87. The molecule has 0 fully saturated rings. The molecule has 0 saturated carbocycles. The fourth-order valence-electron chi connectivity index (χ4n) is 1.94. The number of fused-ring (bicyclic) bond motifs is 1. The maximum absolute atomic E-state index is 5.79. The van der Waals surface area contributed by atoms with Crippen molar-refractivity contribution >= 4 is 32.5 Å². The summed E-state index contributed by atoms with van der Waals surface area (Å²) in [7, 11) is 0. The van der Waals surface area contributed by atoms with Crippen LogP contribution in [0.3, 0.4) is 0 Å². The molecule has 1 heterocycles. The van der Waals surface area contributed by atoms with Crippen LogP contribution in [0, 0.1) is 0 Å². The molecule has 3 aromatic rings. The van der Waals surface area contributed by atoms with Gasteiger partial charge in [-0.1, -0.05) is 28.1 Å². The Bertz CT molecular complexity index is 761. The summed E-state index contributed by atoms with van der Waals surface area (Å²) in [4.78, 5) is 8.38. The molecule has 20 heavy (non-hydrogen) atoms. The quantitative estimate of drug-likeness (QED) is 0.746. The molecule has 0 amide bonds. The van der Waals surface area contributed by atoms with Gasteiger partial charge >= 0.3 is 0 Å². The number of benzene rings is 2. The van der Waals surface area contributed by atoms with E-state index in [1.165, 1.54) is 6.33 Å². The van der Waals surface area contributed by atoms with E-state index in [2.05, 4.69) is 25.9 Å². The topological polar surface area (TPSA) is 61.0 Å². The Hall–Kier alpha value is -2.14. The molecule has 0 radical (unpaired) electrons. The molecule has 100 valence electrons. The molecule has 0 aliphatic rings. The summed E-state index contributed by atoms with van der Waals surface area (Å²) in [6, 6.07) is 13.5. The second-order valence-electron chi connectivity index (χ2n) is 4.37. The number of aromatic nitrogens is 2. The zero-order valence-electron chi connectivity index (χ0n) is 10.6. The second kappa shape index (κ2) is 5.46. The van der Waals surface area contributed by atoms with Gasteiger partial charge < -0.3 is 10.5 Å². The van der Waals surface area contributed by atoms with Crippen LogP contribution in [0.25, 0.3) is 10.9 Å². The zero-order chi connectivity index (χ0) is 13.9. The van der Waals surface area contributed by atoms with Crippen LogP contribution in [0.2, 0.25) is 0 Å². The number of nitrogens with zero attached hydrogens (tertiary/aromatic N) is 2. The Morgan fingerprint density at radius 3 is 2.85 bits per heavy atom. The van der Waals surface area contributed by atoms with Gasteiger partial charge in [0.1, 0.15) is 12.9 Å². The van der Waals surface area contributed by atoms with Gasteiger partial charge in [-0.2, -0.15) is 0 Å². The van der Waals surface area contributed by atoms with E-state index in [1.807, 2.05) is 42.5 Å². The molecule has 2 aromatic carbocycles. The van der Waals surface area contributed by atoms with E-state index >= 15 is 0 Å². The van der Waals surface area contributed by atoms with E-state index in [0.717, 1.165) is 20.9 Å². The van der Waals surface area contributed by atoms with Crippen molar-refractivity contribution in [1.29, 1.82) is 0 Å². The van der Waals surface area contributed by atoms with Crippen LogP contribution in [-0.4, -0.2) is 9.97 Å². The van der Waals surface area contributed by atoms with Crippen LogP contribution in [0.1, 0.15) is 5.56 Å². The number of hydrogen-bond donors (Lipinski definition) is 1. The molecular formula is C15H12BrN3O. The Labute approximate surface area is 124 Å². The Kier molecular flexibility index (Phi) is 3.52. The van der Waals surface area contributed by atoms with E-state index in [1.54, 1.807) is 0 Å². The van der Waals surface area contributed by atoms with Crippen molar-refractivity contribution in [3.05, 3.63) is 58.8 Å². The lowest BCUT2D eigenvalue weighted by Gasteiger charge is -2.08. The fourth-order valence-corrected chi connectivity index (χ4v) is 2.39. The van der Waals surface area contributed by atoms with Crippen molar-refractivity contribution in [2.24, 2.45) is 0 Å². The molecule has 0 unspecified atom stereocenters. The lowest BCUT2D eigenvalue weighted by Crippen LogP contribution is -1.99. The lowest BCUT2D eigenvalue weighted by atomic mass is 10.2. The van der Waals surface area contributed by atoms with Gasteiger partial charge in [-0.15, -0.1) is 0 Å². The molecule has 0 atom stereocenters. The highest BCUT2D eigenvalue weighted by atomic mass is 79.9. The highest BCUT2D eigenvalue weighted by molar-refractivity contribution is 9.10. The molecule has 0 bridgehead atoms. The monoisotopic (exact) mass is 329 g/mol. The van der Waals surface area contributed by atoms with Gasteiger partial charge in [0.05, 0.1) is 10.9 Å². The van der Waals surface area contributed by atoms with Gasteiger partial charge in [0.2, 0.25) is 5.88 Å². The van der Waals surface area contributed by atoms with E-state index < -0.39 is 0 Å². The van der Waals surface area contributed by atoms with Crippen molar-refractivity contribution in [3.63, 3.8) is 0 Å². The summed E-state index contributed by atoms with van der Waals surface area (Å²) in [5, 5.41) is 0.858. The number of ether oxygens (including phenoxy) is 1. The summed E-state index contributed by atoms with van der Waals surface area (Å²) in [6.07, 6.45) is 1.48. The fraction of sp³-hybridized carbons (Fsp3) is 0.0667. The van der Waals surface area contributed by atoms with E-state index in [-0.39, 0.29) is 0 Å². The number of anilines is 1. The Morgan fingerprint density at radius 1 is 1.10 bits per heavy atom. The van der Waals surface area contributed by atoms with Crippen LogP contribution in [-0.2, 0) is 6.61 Å². The van der Waals surface area contributed by atoms with Crippen LogP contribution >= 0.6 is 15.9 Å². The first-order valence-electron chi connectivity index (χ1n) is 6.10. The Morgan fingerprint density at radius 2 is 2.00 bits per heavy atom. The van der Waals surface area contributed by atoms with Gasteiger partial charge in [0.25, 0.3) is 0 Å². The van der Waals surface area contributed by atoms with Crippen molar-refractivity contribution in [2.75, 3.05) is 5.73 Å². The molecule has 2 N–H and O–H groups in total. The third-order valence-electron chi connectivity index (χ3n) is 2.89. The number of rotatable bonds is 3. The average molecular weight is 330 g/mol. The predicted molar refractivity (Wildman–Crippen MR) is 82.4 cm³/mol. The molecule has 3 rings (SSSR count). The van der Waals surface area contributed by atoms with Crippen molar-refractivity contribution in [3.8, 4) is 5.88 Å². The molecule has 0 aliphatic carbocycles. The molecule has 5 heteroatoms. The number of hydrogen-bond acceptors (Lipinski definition) is 4. The first-order chi connectivity index (χ1) is 9.72. The van der Waals surface area contributed by atoms with Crippen molar-refractivity contribution in [1.82, 2.24) is 9.97 Å². The van der Waals surface area contributed by atoms with E-state index in [4.69, 9.17) is 10.5 Å². The minimum absolute atomic E-state index is 0.454. The zero-order valence-corrected chi connectivity index (χ0v) is 12.2. The molecule has 0 aliphatic heterocycles. The molecule has 4 nitrogen and oxygen atoms in total. The normalized spacial score (nSPS) is 10.7. The highest BCUT2D eigenvalue weighted by Crippen LogP contribution is 2.24. The van der Waals surface area contributed by atoms with Crippen LogP contribution in [0.4, 0.5) is 5.69 Å². The van der Waals surface area contributed by atoms with E-state index in [0.29, 0.717) is 18.2 Å². The minimum Gasteiger partial charge on any atom is -0.472 e. The largest absolute Gasteiger partial charge is 0.472 e. The minimum atomic E-state index is 0.454. The van der Waals surface area contributed by atoms with Crippen molar-refractivity contribution in [2.45, 2.75) is 6.61 Å². The molecule has 1 aromatic heterocycles. The lowest BCUT2D eigenvalue weighted by molar-refractivity contribution is 0.297. The van der Waals surface area contributed by atoms with Gasteiger partial charge in [-0.05, 0) is 35.9 Å². The highest BCUT2D eigenvalue weighted by Gasteiger charge is 2.05. The number of halogens is 1. The smallest absolute Gasteiger partial charge is 0.224 e. The van der Waals surface area contributed by atoms with Crippen molar-refractivity contribution < 1.29 is 4.74 Å². The van der Waals surface area contributed by atoms with Gasteiger partial charge in [0, 0.05) is 10.2 Å². The maximum atomic E-state index is 5.79. The van der Waals surface area contributed by atoms with E-state index in [9.17, 15) is 0 Å². The second-order valence-corrected chi connectivity index (χ2v) is 5.29. The summed E-state index contributed by atoms with van der Waals surface area (Å²) in [5.41, 5.74) is 8.28. The molecule has 0 saturated heterocycles. The summed E-state index contributed by atoms with van der Waals surface area (Å²) in [6.45, 7) is 0.454. The standard InChI is InChI=1S/C15H12BrN3O/c16-11-3-1-2-10(6-11)8-20-15-13-5-4-12(17)7-14(13)18-9-19-15/h1-7,9H,8,17H2. The maximum Gasteiger partial charge on any atom is 0.224 e. The predicted octanol–water partition coefficient (Wildman–Crippen LogP) is 3.55. The summed E-state index contributed by atoms with van der Waals surface area (Å²) in [5.74, 6) is 0.565. The van der Waals surface area contributed by atoms with Gasteiger partial charge in [0.15, 0.2) is 0 Å². The number of nitrogen functional groups attached to an aromatic ring is 1. The van der Waals surface area contributed by atoms with Crippen LogP contribution < -0.4 is 10.5 Å². The SMILES string of the molecule is Nc1ccc2c(OCc3cccc(Br)c3)ncnc2c1. The average Bonchev–Trinajstić information content (AvgIpc) is 2.44. The van der Waals surface area contributed by atoms with Crippen LogP contribution in [0.5, 0.6) is 5.88 Å². The van der Waals surface area contributed by atoms with Gasteiger partial charge in [-0.25, -0.2) is 9.97 Å². The van der Waals surface area contributed by atoms with Crippen LogP contribution in [0.15, 0.2) is 53.3 Å². The first-order valence-corrected chi connectivity index (χ1v) is 6.89. The summed E-state index contributed by atoms with van der Waals surface area (Å²) < 4.78 is 6.81. The molecular weight excluding hydrogens is 318 g/mol. The van der Waals surface area contributed by atoms with Gasteiger partial charge in [-0.3, -0.25) is 0 Å². The number of nitrogens with two attached hydrogens (primary N) is 1. The first kappa shape index (κ1) is 12.9.